The molecule has 1 saturated heterocycles. The topological polar surface area (TPSA) is 92.6 Å². The third kappa shape index (κ3) is 5.47. The Kier molecular flexibility index (Phi) is 7.52. The van der Waals surface area contributed by atoms with Crippen molar-refractivity contribution in [3.63, 3.8) is 0 Å². The fraction of sp³-hybridized carbons (Fsp3) is 0.391. The van der Waals surface area contributed by atoms with E-state index in [0.717, 1.165) is 31.9 Å². The van der Waals surface area contributed by atoms with Crippen molar-refractivity contribution >= 4 is 15.7 Å². The number of sulfonamides is 1. The Labute approximate surface area is 207 Å². The number of hydrogen-bond acceptors (Lipinski definition) is 7. The summed E-state index contributed by atoms with van der Waals surface area (Å²) in [5.41, 5.74) is 1.02. The van der Waals surface area contributed by atoms with Gasteiger partial charge in [0, 0.05) is 44.5 Å². The minimum absolute atomic E-state index is 0.160. The molecule has 0 spiro atoms. The van der Waals surface area contributed by atoms with Gasteiger partial charge in [-0.15, -0.1) is 5.10 Å². The average molecular weight is 525 g/mol. The molecule has 0 bridgehead atoms. The Morgan fingerprint density at radius 3 is 2.36 bits per heavy atom. The molecule has 2 heterocycles. The summed E-state index contributed by atoms with van der Waals surface area (Å²) in [5, 5.41) is 8.13. The van der Waals surface area contributed by atoms with Gasteiger partial charge < -0.3 is 14.5 Å². The van der Waals surface area contributed by atoms with Gasteiger partial charge in [-0.1, -0.05) is 11.2 Å². The number of ether oxygens (including phenoxy) is 1. The van der Waals surface area contributed by atoms with Crippen molar-refractivity contribution < 1.29 is 26.3 Å². The molecular weight excluding hydrogens is 497 g/mol. The molecule has 0 unspecified atom stereocenters. The highest BCUT2D eigenvalue weighted by Crippen LogP contribution is 2.28. The number of hydrogen-bond donors (Lipinski definition) is 1. The number of halogens is 3. The third-order valence-electron chi connectivity index (χ3n) is 5.94. The molecule has 2 aromatic carbocycles. The van der Waals surface area contributed by atoms with Gasteiger partial charge in [-0.25, -0.2) is 26.3 Å². The van der Waals surface area contributed by atoms with Crippen molar-refractivity contribution in [2.75, 3.05) is 38.1 Å². The number of benzene rings is 2. The Morgan fingerprint density at radius 1 is 1.06 bits per heavy atom. The van der Waals surface area contributed by atoms with Crippen LogP contribution in [0.25, 0.3) is 0 Å². The van der Waals surface area contributed by atoms with Crippen molar-refractivity contribution in [2.45, 2.75) is 31.3 Å². The summed E-state index contributed by atoms with van der Waals surface area (Å²) in [7, 11) is -2.31. The lowest BCUT2D eigenvalue weighted by Gasteiger charge is -2.34. The highest BCUT2D eigenvalue weighted by atomic mass is 32.2. The smallest absolute Gasteiger partial charge is 0.322 e. The zero-order valence-electron chi connectivity index (χ0n) is 20.1. The normalized spacial score (nSPS) is 15.8. The first kappa shape index (κ1) is 25.9. The summed E-state index contributed by atoms with van der Waals surface area (Å²) in [4.78, 5) is 3.78. The van der Waals surface area contributed by atoms with Crippen LogP contribution >= 0.6 is 0 Å². The monoisotopic (exact) mass is 524 g/mol. The number of nitrogens with zero attached hydrogens (tertiary/aromatic N) is 5. The fourth-order valence-electron chi connectivity index (χ4n) is 3.95. The second-order valence-electron chi connectivity index (χ2n) is 8.52. The average Bonchev–Trinajstić information content (AvgIpc) is 3.25. The number of piperazine rings is 1. The quantitative estimate of drug-likeness (QED) is 0.452. The van der Waals surface area contributed by atoms with Gasteiger partial charge in [0.2, 0.25) is 10.0 Å². The predicted molar refractivity (Wildman–Crippen MR) is 127 cm³/mol. The van der Waals surface area contributed by atoms with Crippen LogP contribution in [0.5, 0.6) is 11.8 Å². The van der Waals surface area contributed by atoms with Crippen LogP contribution in [0.3, 0.4) is 0 Å². The van der Waals surface area contributed by atoms with E-state index in [2.05, 4.69) is 31.8 Å². The Morgan fingerprint density at radius 2 is 1.72 bits per heavy atom. The number of rotatable bonds is 8. The molecule has 1 atom stereocenters. The molecule has 0 amide bonds. The van der Waals surface area contributed by atoms with Gasteiger partial charge in [-0.2, -0.15) is 0 Å². The van der Waals surface area contributed by atoms with E-state index in [1.165, 1.54) is 6.92 Å². The van der Waals surface area contributed by atoms with Crippen LogP contribution in [0.15, 0.2) is 41.3 Å². The summed E-state index contributed by atoms with van der Waals surface area (Å²) in [6.45, 7) is 7.40. The van der Waals surface area contributed by atoms with E-state index < -0.39 is 38.4 Å². The van der Waals surface area contributed by atoms with Crippen LogP contribution < -0.4 is 14.4 Å². The standard InChI is InChI=1S/C23H27F3N6O3S/c1-4-32-22(15(2)29-36(33,34)18-13-19(24)21(26)20(25)14-18)27-28-23(32)35-17-7-5-6-16(12-17)31-10-8-30(3)9-11-31/h5-7,12-15,29H,4,8-11H2,1-3H3/t15-/m1/s1. The molecule has 9 nitrogen and oxygen atoms in total. The molecule has 1 N–H and O–H groups in total. The molecule has 0 radical (unpaired) electrons. The molecule has 1 aliphatic rings. The first-order valence-electron chi connectivity index (χ1n) is 11.4. The first-order chi connectivity index (χ1) is 17.1. The Hall–Kier alpha value is -3.16. The van der Waals surface area contributed by atoms with Gasteiger partial charge in [0.15, 0.2) is 23.3 Å². The maximum atomic E-state index is 13.6. The maximum Gasteiger partial charge on any atom is 0.322 e. The van der Waals surface area contributed by atoms with E-state index in [1.807, 2.05) is 25.1 Å². The number of nitrogens with one attached hydrogen (secondary N) is 1. The fourth-order valence-corrected chi connectivity index (χ4v) is 5.17. The lowest BCUT2D eigenvalue weighted by molar-refractivity contribution is 0.312. The van der Waals surface area contributed by atoms with Crippen molar-refractivity contribution in [1.29, 1.82) is 0 Å². The largest absolute Gasteiger partial charge is 0.424 e. The molecule has 1 fully saturated rings. The van der Waals surface area contributed by atoms with Gasteiger partial charge >= 0.3 is 6.01 Å². The number of anilines is 1. The zero-order chi connectivity index (χ0) is 26.0. The second kappa shape index (κ2) is 10.4. The summed E-state index contributed by atoms with van der Waals surface area (Å²) in [5.74, 6) is -4.17. The van der Waals surface area contributed by atoms with Gasteiger partial charge in [0.1, 0.15) is 5.75 Å². The van der Waals surface area contributed by atoms with Crippen LogP contribution in [0.1, 0.15) is 25.7 Å². The summed E-state index contributed by atoms with van der Waals surface area (Å²) in [6, 6.07) is 7.64. The Balaban J connectivity index is 1.52. The maximum absolute atomic E-state index is 13.6. The third-order valence-corrected chi connectivity index (χ3v) is 7.46. The van der Waals surface area contributed by atoms with E-state index in [0.29, 0.717) is 24.4 Å². The van der Waals surface area contributed by atoms with Crippen LogP contribution in [-0.2, 0) is 16.6 Å². The molecule has 13 heteroatoms. The summed E-state index contributed by atoms with van der Waals surface area (Å²) < 4.78 is 75.6. The van der Waals surface area contributed by atoms with Crippen LogP contribution in [-0.4, -0.2) is 61.3 Å². The minimum atomic E-state index is -4.39. The van der Waals surface area contributed by atoms with Crippen LogP contribution in [0, 0.1) is 17.5 Å². The first-order valence-corrected chi connectivity index (χ1v) is 12.9. The van der Waals surface area contributed by atoms with Gasteiger partial charge in [-0.05, 0) is 45.2 Å². The van der Waals surface area contributed by atoms with Gasteiger partial charge in [0.05, 0.1) is 10.9 Å². The van der Waals surface area contributed by atoms with Crippen LogP contribution in [0.4, 0.5) is 18.9 Å². The lowest BCUT2D eigenvalue weighted by Crippen LogP contribution is -2.44. The molecule has 194 valence electrons. The SMILES string of the molecule is CCn1c(Oc2cccc(N3CCN(C)CC3)c2)nnc1[C@@H](C)NS(=O)(=O)c1cc(F)c(F)c(F)c1. The highest BCUT2D eigenvalue weighted by molar-refractivity contribution is 7.89. The van der Waals surface area contributed by atoms with Crippen molar-refractivity contribution in [3.8, 4) is 11.8 Å². The molecule has 0 saturated carbocycles. The molecular formula is C23H27F3N6O3S. The van der Waals surface area contributed by atoms with E-state index >= 15 is 0 Å². The van der Waals surface area contributed by atoms with E-state index in [-0.39, 0.29) is 11.8 Å². The Bertz CT molecular complexity index is 1320. The molecule has 1 aromatic heterocycles. The number of aromatic nitrogens is 3. The molecule has 4 rings (SSSR count). The van der Waals surface area contributed by atoms with E-state index in [9.17, 15) is 21.6 Å². The van der Waals surface area contributed by atoms with E-state index in [4.69, 9.17) is 4.74 Å². The summed E-state index contributed by atoms with van der Waals surface area (Å²) >= 11 is 0. The second-order valence-corrected chi connectivity index (χ2v) is 10.2. The highest BCUT2D eigenvalue weighted by Gasteiger charge is 2.26. The van der Waals surface area contributed by atoms with Crippen LogP contribution in [0.2, 0.25) is 0 Å². The molecule has 1 aliphatic heterocycles. The summed E-state index contributed by atoms with van der Waals surface area (Å²) in [6.07, 6.45) is 0. The zero-order valence-corrected chi connectivity index (χ0v) is 20.9. The lowest BCUT2D eigenvalue weighted by atomic mass is 10.2. The minimum Gasteiger partial charge on any atom is -0.424 e. The van der Waals surface area contributed by atoms with Gasteiger partial charge in [-0.3, -0.25) is 4.57 Å². The molecule has 36 heavy (non-hydrogen) atoms. The van der Waals surface area contributed by atoms with E-state index in [1.54, 1.807) is 10.6 Å². The van der Waals surface area contributed by atoms with Crippen molar-refractivity contribution in [1.82, 2.24) is 24.4 Å². The molecule has 3 aromatic rings. The number of likely N-dealkylation sites (N-methyl/N-ethyl adjacent to an activating group) is 1. The predicted octanol–water partition coefficient (Wildman–Crippen LogP) is 3.30. The van der Waals surface area contributed by atoms with Crippen molar-refractivity contribution in [2.24, 2.45) is 0 Å². The molecule has 0 aliphatic carbocycles. The van der Waals surface area contributed by atoms with Gasteiger partial charge in [0.25, 0.3) is 0 Å². The van der Waals surface area contributed by atoms with Crippen molar-refractivity contribution in [3.05, 3.63) is 59.7 Å².